The molecule has 82 valence electrons. The minimum Gasteiger partial charge on any atom is -0.303 e. The van der Waals surface area contributed by atoms with Crippen molar-refractivity contribution in [2.24, 2.45) is 0 Å². The van der Waals surface area contributed by atoms with E-state index < -0.39 is 12.6 Å². The van der Waals surface area contributed by atoms with E-state index in [0.717, 1.165) is 0 Å². The number of hydrogen-bond acceptors (Lipinski definition) is 8. The maximum Gasteiger partial charge on any atom is 0.230 e. The summed E-state index contributed by atoms with van der Waals surface area (Å²) >= 11 is 0. The van der Waals surface area contributed by atoms with Crippen LogP contribution < -0.4 is 0 Å². The summed E-state index contributed by atoms with van der Waals surface area (Å²) in [6.45, 7) is 0. The quantitative estimate of drug-likeness (QED) is 0.232. The Labute approximate surface area is 78.7 Å². The van der Waals surface area contributed by atoms with Gasteiger partial charge in [-0.15, -0.1) is 0 Å². The van der Waals surface area contributed by atoms with E-state index in [1.807, 2.05) is 0 Å². The van der Waals surface area contributed by atoms with Crippen LogP contribution in [0.2, 0.25) is 0 Å². The Morgan fingerprint density at radius 2 is 1.29 bits per heavy atom. The number of carbonyl (C=O) groups is 2. The summed E-state index contributed by atoms with van der Waals surface area (Å²) < 4.78 is 0. The lowest BCUT2D eigenvalue weighted by atomic mass is 10.5. The number of aldehydes is 2. The smallest absolute Gasteiger partial charge is 0.230 e. The molecular weight excluding hydrogens is 200 g/mol. The zero-order valence-corrected chi connectivity index (χ0v) is 7.07. The van der Waals surface area contributed by atoms with Crippen LogP contribution in [0.3, 0.4) is 0 Å². The summed E-state index contributed by atoms with van der Waals surface area (Å²) in [5.74, 6) is 0. The van der Waals surface area contributed by atoms with Crippen molar-refractivity contribution in [2.75, 3.05) is 0 Å². The van der Waals surface area contributed by atoms with Gasteiger partial charge in [0.25, 0.3) is 0 Å². The molecule has 0 aliphatic rings. The van der Waals surface area contributed by atoms with Crippen molar-refractivity contribution in [3.05, 3.63) is 0 Å². The van der Waals surface area contributed by atoms with Gasteiger partial charge in [0.2, 0.25) is 12.6 Å². The molecule has 0 rings (SSSR count). The fourth-order valence-electron chi connectivity index (χ4n) is 0.481. The molecule has 0 spiro atoms. The minimum atomic E-state index is -1.34. The van der Waals surface area contributed by atoms with Crippen LogP contribution >= 0.6 is 0 Å². The number of hydrogen-bond donors (Lipinski definition) is 2. The van der Waals surface area contributed by atoms with Gasteiger partial charge >= 0.3 is 0 Å². The first kappa shape index (κ1) is 13.1. The summed E-state index contributed by atoms with van der Waals surface area (Å²) in [6, 6.07) is 0. The fourth-order valence-corrected chi connectivity index (χ4v) is 0.481. The molecule has 8 nitrogen and oxygen atoms in total. The second-order valence-corrected chi connectivity index (χ2v) is 2.07. The van der Waals surface area contributed by atoms with Gasteiger partial charge in [-0.1, -0.05) is 0 Å². The number of rotatable bonds is 9. The standard InChI is InChI=1S/C6H10O8/c7-3-1-5(11-9)13-14-6(12-10)2-4-8/h3-6,9-10H,1-2H2. The van der Waals surface area contributed by atoms with Gasteiger partial charge in [-0.2, -0.15) is 9.78 Å². The van der Waals surface area contributed by atoms with Gasteiger partial charge in [-0.3, -0.25) is 0 Å². The zero-order chi connectivity index (χ0) is 10.8. The van der Waals surface area contributed by atoms with E-state index in [-0.39, 0.29) is 12.8 Å². The predicted octanol–water partition coefficient (Wildman–Crippen LogP) is -0.256. The molecule has 0 fully saturated rings. The van der Waals surface area contributed by atoms with Crippen LogP contribution in [0.5, 0.6) is 0 Å². The first-order valence-corrected chi connectivity index (χ1v) is 3.58. The average Bonchev–Trinajstić information content (AvgIpc) is 2.22. The summed E-state index contributed by atoms with van der Waals surface area (Å²) in [4.78, 5) is 35.8. The summed E-state index contributed by atoms with van der Waals surface area (Å²) in [6.07, 6.45) is -2.41. The first-order valence-electron chi connectivity index (χ1n) is 3.58. The van der Waals surface area contributed by atoms with Gasteiger partial charge in [0.05, 0.1) is 12.8 Å². The first-order chi connectivity index (χ1) is 6.78. The van der Waals surface area contributed by atoms with E-state index >= 15 is 0 Å². The molecule has 0 aliphatic carbocycles. The zero-order valence-electron chi connectivity index (χ0n) is 7.07. The molecule has 0 amide bonds. The molecule has 0 heterocycles. The molecule has 0 bridgehead atoms. The monoisotopic (exact) mass is 210 g/mol. The van der Waals surface area contributed by atoms with Gasteiger partial charge < -0.3 is 9.59 Å². The molecule has 14 heavy (non-hydrogen) atoms. The highest BCUT2D eigenvalue weighted by Crippen LogP contribution is 2.03. The van der Waals surface area contributed by atoms with Crippen LogP contribution in [0.15, 0.2) is 0 Å². The molecule has 2 unspecified atom stereocenters. The molecule has 0 radical (unpaired) electrons. The Bertz CT molecular complexity index is 142. The fraction of sp³-hybridized carbons (Fsp3) is 0.667. The van der Waals surface area contributed by atoms with E-state index in [0.29, 0.717) is 12.6 Å². The molecule has 8 heteroatoms. The Morgan fingerprint density at radius 1 is 0.929 bits per heavy atom. The van der Waals surface area contributed by atoms with Crippen LogP contribution in [0, 0.1) is 0 Å². The van der Waals surface area contributed by atoms with Crippen molar-refractivity contribution in [1.29, 1.82) is 0 Å². The second kappa shape index (κ2) is 8.69. The topological polar surface area (TPSA) is 112 Å². The molecule has 0 saturated carbocycles. The normalized spacial score (nSPS) is 14.7. The van der Waals surface area contributed by atoms with Gasteiger partial charge in [-0.05, 0) is 0 Å². The molecule has 2 atom stereocenters. The SMILES string of the molecule is O=CCC(OO)OOC(CC=O)OO. The maximum absolute atomic E-state index is 9.95. The van der Waals surface area contributed by atoms with Crippen LogP contribution in [0.4, 0.5) is 0 Å². The van der Waals surface area contributed by atoms with Crippen molar-refractivity contribution in [2.45, 2.75) is 25.4 Å². The van der Waals surface area contributed by atoms with Crippen LogP contribution in [0.25, 0.3) is 0 Å². The predicted molar refractivity (Wildman–Crippen MR) is 38.5 cm³/mol. The van der Waals surface area contributed by atoms with Crippen LogP contribution in [-0.4, -0.2) is 35.7 Å². The number of carbonyl (C=O) groups excluding carboxylic acids is 2. The Balaban J connectivity index is 3.73. The van der Waals surface area contributed by atoms with Crippen molar-refractivity contribution >= 4 is 12.6 Å². The Hall–Kier alpha value is -0.900. The third kappa shape index (κ3) is 5.70. The summed E-state index contributed by atoms with van der Waals surface area (Å²) in [5.41, 5.74) is 0. The van der Waals surface area contributed by atoms with Gasteiger partial charge in [-0.25, -0.2) is 20.3 Å². The molecule has 0 saturated heterocycles. The summed E-state index contributed by atoms with van der Waals surface area (Å²) in [5, 5.41) is 16.3. The van der Waals surface area contributed by atoms with Crippen LogP contribution in [0.1, 0.15) is 12.8 Å². The van der Waals surface area contributed by atoms with E-state index in [9.17, 15) is 9.59 Å². The van der Waals surface area contributed by atoms with E-state index in [1.165, 1.54) is 0 Å². The highest BCUT2D eigenvalue weighted by molar-refractivity contribution is 5.50. The maximum atomic E-state index is 9.95. The van der Waals surface area contributed by atoms with Crippen LogP contribution in [-0.2, 0) is 29.1 Å². The van der Waals surface area contributed by atoms with Gasteiger partial charge in [0, 0.05) is 0 Å². The second-order valence-electron chi connectivity index (χ2n) is 2.07. The summed E-state index contributed by atoms with van der Waals surface area (Å²) in [7, 11) is 0. The van der Waals surface area contributed by atoms with E-state index in [1.54, 1.807) is 0 Å². The van der Waals surface area contributed by atoms with Crippen molar-refractivity contribution in [1.82, 2.24) is 0 Å². The lowest BCUT2D eigenvalue weighted by molar-refractivity contribution is -0.506. The van der Waals surface area contributed by atoms with Gasteiger partial charge in [0.1, 0.15) is 12.6 Å². The molecule has 0 aromatic carbocycles. The van der Waals surface area contributed by atoms with E-state index in [4.69, 9.17) is 10.5 Å². The third-order valence-electron chi connectivity index (χ3n) is 1.08. The Kier molecular flexibility index (Phi) is 8.13. The highest BCUT2D eigenvalue weighted by atomic mass is 17.3. The lowest BCUT2D eigenvalue weighted by Gasteiger charge is -2.14. The minimum absolute atomic E-state index is 0.282. The average molecular weight is 210 g/mol. The molecule has 0 aromatic rings. The van der Waals surface area contributed by atoms with Crippen molar-refractivity contribution in [3.63, 3.8) is 0 Å². The molecule has 0 aliphatic heterocycles. The largest absolute Gasteiger partial charge is 0.303 e. The Morgan fingerprint density at radius 3 is 1.50 bits per heavy atom. The third-order valence-corrected chi connectivity index (χ3v) is 1.08. The van der Waals surface area contributed by atoms with E-state index in [2.05, 4.69) is 19.6 Å². The highest BCUT2D eigenvalue weighted by Gasteiger charge is 2.15. The van der Waals surface area contributed by atoms with Gasteiger partial charge in [0.15, 0.2) is 0 Å². The molecule has 0 aromatic heterocycles. The molecule has 2 N–H and O–H groups in total. The lowest BCUT2D eigenvalue weighted by Crippen LogP contribution is -2.23. The van der Waals surface area contributed by atoms with Crippen molar-refractivity contribution < 1.29 is 39.7 Å². The van der Waals surface area contributed by atoms with Crippen molar-refractivity contribution in [3.8, 4) is 0 Å². The molecular formula is C6H10O8.